The largest absolute Gasteiger partial charge is 0.472 e. The monoisotopic (exact) mass is 614 g/mol. The van der Waals surface area contributed by atoms with Crippen LogP contribution in [0.5, 0.6) is 11.5 Å². The van der Waals surface area contributed by atoms with Crippen molar-refractivity contribution < 1.29 is 48.0 Å². The van der Waals surface area contributed by atoms with E-state index in [1.807, 2.05) is 0 Å². The number of rotatable bonds is 10. The van der Waals surface area contributed by atoms with Crippen molar-refractivity contribution in [3.05, 3.63) is 66.7 Å². The number of ketones is 2. The Kier molecular flexibility index (Phi) is 11.5. The van der Waals surface area contributed by atoms with Crippen LogP contribution in [0.25, 0.3) is 0 Å². The van der Waals surface area contributed by atoms with Crippen LogP contribution in [0.1, 0.15) is 74.0 Å². The number of hydrogen-bond acceptors (Lipinski definition) is 12. The zero-order valence-electron chi connectivity index (χ0n) is 24.9. The zero-order chi connectivity index (χ0) is 32.6. The lowest BCUT2D eigenvalue weighted by Gasteiger charge is -2.18. The van der Waals surface area contributed by atoms with Gasteiger partial charge in [-0.25, -0.2) is 9.59 Å². The van der Waals surface area contributed by atoms with Crippen LogP contribution in [-0.4, -0.2) is 58.8 Å². The Bertz CT molecular complexity index is 1470. The fourth-order valence-electron chi connectivity index (χ4n) is 4.91. The topological polar surface area (TPSA) is 191 Å². The molecule has 0 heterocycles. The molecule has 0 fully saturated rings. The second kappa shape index (κ2) is 15.0. The first kappa shape index (κ1) is 33.6. The van der Waals surface area contributed by atoms with Crippen molar-refractivity contribution in [2.75, 3.05) is 13.2 Å². The van der Waals surface area contributed by atoms with E-state index in [2.05, 4.69) is 0 Å². The number of carbonyl (C=O) groups is 4. The summed E-state index contributed by atoms with van der Waals surface area (Å²) in [6, 6.07) is 6.27. The van der Waals surface area contributed by atoms with E-state index in [0.717, 1.165) is 5.56 Å². The molecule has 4 rings (SSSR count). The number of benzene rings is 2. The first-order valence-corrected chi connectivity index (χ1v) is 14.2. The number of esters is 2. The molecular formula is C30H34N2O12. The van der Waals surface area contributed by atoms with E-state index in [-0.39, 0.29) is 66.1 Å². The molecule has 0 amide bonds. The molecule has 14 heteroatoms. The van der Waals surface area contributed by atoms with E-state index in [1.54, 1.807) is 26.0 Å². The van der Waals surface area contributed by atoms with Crippen molar-refractivity contribution in [2.24, 2.45) is 0 Å². The standard InChI is InChI=1S/2C15H17NO6/c1-3-21-15(18)9(2)22-13-7-5-10-4-6-11(17)8-12(10)14(13)16(19)20;1-3-21-15(18)9(2)22-12-8-7-10-5-4-6-11(17)13(10)14(12)16(19)20/h5,7,9H,3-4,6,8H2,1-2H3;7-9H,3-6H2,1-2H3. The molecule has 0 aromatic heterocycles. The summed E-state index contributed by atoms with van der Waals surface area (Å²) in [5.41, 5.74) is 1.32. The molecule has 0 radical (unpaired) electrons. The molecule has 236 valence electrons. The molecule has 2 unspecified atom stereocenters. The first-order chi connectivity index (χ1) is 20.9. The van der Waals surface area contributed by atoms with E-state index < -0.39 is 34.0 Å². The van der Waals surface area contributed by atoms with Crippen LogP contribution in [0, 0.1) is 20.2 Å². The second-order valence-electron chi connectivity index (χ2n) is 10.0. The summed E-state index contributed by atoms with van der Waals surface area (Å²) in [6.45, 7) is 6.63. The average molecular weight is 615 g/mol. The molecule has 2 aromatic carbocycles. The summed E-state index contributed by atoms with van der Waals surface area (Å²) in [7, 11) is 0. The number of fused-ring (bicyclic) bond motifs is 2. The summed E-state index contributed by atoms with van der Waals surface area (Å²) < 4.78 is 20.4. The lowest BCUT2D eigenvalue weighted by atomic mass is 9.89. The van der Waals surface area contributed by atoms with Gasteiger partial charge in [-0.1, -0.05) is 12.1 Å². The van der Waals surface area contributed by atoms with Crippen molar-refractivity contribution in [3.8, 4) is 11.5 Å². The Morgan fingerprint density at radius 2 is 1.30 bits per heavy atom. The van der Waals surface area contributed by atoms with Gasteiger partial charge in [0.1, 0.15) is 11.3 Å². The summed E-state index contributed by atoms with van der Waals surface area (Å²) in [5.74, 6) is -1.60. The summed E-state index contributed by atoms with van der Waals surface area (Å²) in [6.07, 6.45) is 0.539. The van der Waals surface area contributed by atoms with E-state index in [4.69, 9.17) is 18.9 Å². The first-order valence-electron chi connectivity index (χ1n) is 14.2. The Labute approximate surface area is 252 Å². The molecule has 2 atom stereocenters. The second-order valence-corrected chi connectivity index (χ2v) is 10.0. The highest BCUT2D eigenvalue weighted by atomic mass is 16.6. The predicted octanol–water partition coefficient (Wildman–Crippen LogP) is 4.43. The van der Waals surface area contributed by atoms with Gasteiger partial charge in [0, 0.05) is 24.8 Å². The molecule has 0 saturated heterocycles. The highest BCUT2D eigenvalue weighted by molar-refractivity contribution is 6.03. The third-order valence-corrected chi connectivity index (χ3v) is 6.96. The molecule has 0 bridgehead atoms. The number of nitro benzene ring substituents is 2. The maximum Gasteiger partial charge on any atom is 0.347 e. The van der Waals surface area contributed by atoms with Gasteiger partial charge in [0.2, 0.25) is 0 Å². The maximum absolute atomic E-state index is 12.0. The lowest BCUT2D eigenvalue weighted by molar-refractivity contribution is -0.386. The number of nitrogens with zero attached hydrogens (tertiary/aromatic N) is 2. The van der Waals surface area contributed by atoms with Gasteiger partial charge in [0.15, 0.2) is 29.5 Å². The normalized spacial score (nSPS) is 14.9. The van der Waals surface area contributed by atoms with E-state index in [0.29, 0.717) is 36.8 Å². The molecule has 2 aromatic rings. The van der Waals surface area contributed by atoms with Gasteiger partial charge in [-0.15, -0.1) is 0 Å². The lowest BCUT2D eigenvalue weighted by Crippen LogP contribution is -2.26. The molecule has 44 heavy (non-hydrogen) atoms. The number of hydrogen-bond donors (Lipinski definition) is 0. The minimum atomic E-state index is -0.990. The Balaban J connectivity index is 0.000000240. The smallest absolute Gasteiger partial charge is 0.347 e. The SMILES string of the molecule is CCOC(=O)C(C)Oc1ccc2c(c1[N+](=O)[O-])C(=O)CCC2.CCOC(=O)C(C)Oc1ccc2c(c1[N+](=O)[O-])CC(=O)CC2. The van der Waals surface area contributed by atoms with Crippen molar-refractivity contribution in [1.82, 2.24) is 0 Å². The van der Waals surface area contributed by atoms with Crippen LogP contribution in [0.2, 0.25) is 0 Å². The maximum atomic E-state index is 12.0. The summed E-state index contributed by atoms with van der Waals surface area (Å²) >= 11 is 0. The quantitative estimate of drug-likeness (QED) is 0.208. The van der Waals surface area contributed by atoms with Gasteiger partial charge < -0.3 is 18.9 Å². The number of Topliss-reactive ketones (excluding diaryl/α,β-unsaturated/α-hetero) is 2. The van der Waals surface area contributed by atoms with Gasteiger partial charge in [0.05, 0.1) is 23.1 Å². The predicted molar refractivity (Wildman–Crippen MR) is 154 cm³/mol. The Hall–Kier alpha value is -4.88. The molecule has 14 nitrogen and oxygen atoms in total. The highest BCUT2D eigenvalue weighted by Crippen LogP contribution is 2.38. The molecule has 2 aliphatic carbocycles. The molecular weight excluding hydrogens is 580 g/mol. The molecule has 0 spiro atoms. The van der Waals surface area contributed by atoms with E-state index in [1.165, 1.54) is 26.0 Å². The van der Waals surface area contributed by atoms with Gasteiger partial charge in [-0.2, -0.15) is 0 Å². The van der Waals surface area contributed by atoms with Gasteiger partial charge in [-0.05, 0) is 70.2 Å². The van der Waals surface area contributed by atoms with Gasteiger partial charge in [0.25, 0.3) is 0 Å². The van der Waals surface area contributed by atoms with Crippen molar-refractivity contribution in [2.45, 2.75) is 78.4 Å². The third kappa shape index (κ3) is 7.94. The number of nitro groups is 2. The fraction of sp³-hybridized carbons (Fsp3) is 0.467. The molecule has 0 saturated carbocycles. The highest BCUT2D eigenvalue weighted by Gasteiger charge is 2.33. The molecule has 2 aliphatic rings. The van der Waals surface area contributed by atoms with Crippen LogP contribution in [-0.2, 0) is 43.1 Å². The Morgan fingerprint density at radius 3 is 1.82 bits per heavy atom. The minimum Gasteiger partial charge on any atom is -0.472 e. The number of carbonyl (C=O) groups excluding carboxylic acids is 4. The summed E-state index contributed by atoms with van der Waals surface area (Å²) in [5, 5.41) is 22.7. The van der Waals surface area contributed by atoms with Crippen molar-refractivity contribution in [1.29, 1.82) is 0 Å². The Morgan fingerprint density at radius 1 is 0.773 bits per heavy atom. The molecule has 0 N–H and O–H groups in total. The number of ether oxygens (including phenoxy) is 4. The summed E-state index contributed by atoms with van der Waals surface area (Å²) in [4.78, 5) is 68.4. The minimum absolute atomic E-state index is 0.0148. The van der Waals surface area contributed by atoms with Crippen LogP contribution in [0.3, 0.4) is 0 Å². The van der Waals surface area contributed by atoms with Crippen LogP contribution in [0.4, 0.5) is 11.4 Å². The van der Waals surface area contributed by atoms with Crippen LogP contribution in [0.15, 0.2) is 24.3 Å². The van der Waals surface area contributed by atoms with Crippen molar-refractivity contribution >= 4 is 34.9 Å². The zero-order valence-corrected chi connectivity index (χ0v) is 24.9. The van der Waals surface area contributed by atoms with E-state index in [9.17, 15) is 39.4 Å². The van der Waals surface area contributed by atoms with Crippen molar-refractivity contribution in [3.63, 3.8) is 0 Å². The van der Waals surface area contributed by atoms with Gasteiger partial charge >= 0.3 is 23.3 Å². The third-order valence-electron chi connectivity index (χ3n) is 6.96. The van der Waals surface area contributed by atoms with Crippen LogP contribution < -0.4 is 9.47 Å². The fourth-order valence-corrected chi connectivity index (χ4v) is 4.91. The van der Waals surface area contributed by atoms with Crippen LogP contribution >= 0.6 is 0 Å². The van der Waals surface area contributed by atoms with E-state index >= 15 is 0 Å². The average Bonchev–Trinajstić information content (AvgIpc) is 2.97. The van der Waals surface area contributed by atoms with Gasteiger partial charge in [-0.3, -0.25) is 29.8 Å². The number of aryl methyl sites for hydroxylation is 2. The molecule has 0 aliphatic heterocycles.